The molecular formula is C69H42. The van der Waals surface area contributed by atoms with Crippen molar-refractivity contribution < 1.29 is 0 Å². The maximum atomic E-state index is 2.62. The lowest BCUT2D eigenvalue weighted by atomic mass is 9.69. The molecule has 0 fully saturated rings. The number of benzene rings is 13. The molecule has 69 heavy (non-hydrogen) atoms. The van der Waals surface area contributed by atoms with Gasteiger partial charge in [-0.1, -0.05) is 243 Å². The zero-order chi connectivity index (χ0) is 45.2. The summed E-state index contributed by atoms with van der Waals surface area (Å²) >= 11 is 0. The van der Waals surface area contributed by atoms with Crippen LogP contribution >= 0.6 is 0 Å². The van der Waals surface area contributed by atoms with Crippen molar-refractivity contribution >= 4 is 53.9 Å². The molecule has 1 spiro atoms. The molecule has 15 rings (SSSR count). The van der Waals surface area contributed by atoms with Gasteiger partial charge in [-0.05, 0) is 155 Å². The summed E-state index contributed by atoms with van der Waals surface area (Å²) in [4.78, 5) is 0. The summed E-state index contributed by atoms with van der Waals surface area (Å²) in [6, 6.07) is 95.9. The van der Waals surface area contributed by atoms with Crippen molar-refractivity contribution in [2.75, 3.05) is 0 Å². The summed E-state index contributed by atoms with van der Waals surface area (Å²) in [5.74, 6) is 0. The van der Waals surface area contributed by atoms with Gasteiger partial charge in [0.15, 0.2) is 0 Å². The first-order chi connectivity index (χ1) is 34.3. The molecule has 0 saturated heterocycles. The van der Waals surface area contributed by atoms with Gasteiger partial charge in [-0.3, -0.25) is 0 Å². The van der Waals surface area contributed by atoms with E-state index in [0.29, 0.717) is 0 Å². The van der Waals surface area contributed by atoms with Crippen molar-refractivity contribution in [3.8, 4) is 66.8 Å². The molecule has 2 aliphatic rings. The zero-order valence-electron chi connectivity index (χ0n) is 37.7. The second-order valence-electron chi connectivity index (χ2n) is 18.9. The van der Waals surface area contributed by atoms with Gasteiger partial charge >= 0.3 is 0 Å². The van der Waals surface area contributed by atoms with E-state index in [4.69, 9.17) is 0 Å². The third-order valence-corrected chi connectivity index (χ3v) is 15.6. The van der Waals surface area contributed by atoms with Gasteiger partial charge in [0.25, 0.3) is 0 Å². The van der Waals surface area contributed by atoms with Crippen LogP contribution in [0.5, 0.6) is 0 Å². The van der Waals surface area contributed by atoms with Gasteiger partial charge < -0.3 is 0 Å². The van der Waals surface area contributed by atoms with Crippen LogP contribution in [-0.4, -0.2) is 0 Å². The van der Waals surface area contributed by atoms with E-state index in [2.05, 4.69) is 255 Å². The first kappa shape index (κ1) is 38.3. The largest absolute Gasteiger partial charge is 0.0726 e. The van der Waals surface area contributed by atoms with Gasteiger partial charge in [0, 0.05) is 0 Å². The Morgan fingerprint density at radius 1 is 0.174 bits per heavy atom. The second-order valence-corrected chi connectivity index (χ2v) is 18.9. The van der Waals surface area contributed by atoms with Gasteiger partial charge in [0.1, 0.15) is 0 Å². The highest BCUT2D eigenvalue weighted by molar-refractivity contribution is 6.26. The molecule has 0 unspecified atom stereocenters. The van der Waals surface area contributed by atoms with Crippen LogP contribution in [0.2, 0.25) is 0 Å². The molecular weight excluding hydrogens is 829 g/mol. The van der Waals surface area contributed by atoms with E-state index in [-0.39, 0.29) is 0 Å². The molecule has 0 heterocycles. The first-order valence-corrected chi connectivity index (χ1v) is 24.2. The fourth-order valence-corrected chi connectivity index (χ4v) is 13.0. The van der Waals surface area contributed by atoms with Crippen molar-refractivity contribution in [3.63, 3.8) is 0 Å². The minimum absolute atomic E-state index is 0.585. The minimum atomic E-state index is -0.585. The van der Waals surface area contributed by atoms with Crippen LogP contribution in [0.15, 0.2) is 255 Å². The Bertz CT molecular complexity index is 4130. The van der Waals surface area contributed by atoms with E-state index in [0.717, 1.165) is 0 Å². The van der Waals surface area contributed by atoms with Gasteiger partial charge in [-0.15, -0.1) is 0 Å². The number of fused-ring (bicyclic) bond motifs is 16. The smallest absolute Gasteiger partial charge is 0.0622 e. The van der Waals surface area contributed by atoms with Crippen LogP contribution in [0.4, 0.5) is 0 Å². The molecule has 0 radical (unpaired) electrons. The number of rotatable bonds is 4. The van der Waals surface area contributed by atoms with Gasteiger partial charge in [-0.2, -0.15) is 0 Å². The van der Waals surface area contributed by atoms with Crippen molar-refractivity contribution in [3.05, 3.63) is 277 Å². The predicted octanol–water partition coefficient (Wildman–Crippen LogP) is 18.5. The quantitative estimate of drug-likeness (QED) is 0.155. The van der Waals surface area contributed by atoms with E-state index in [1.165, 1.54) is 143 Å². The molecule has 2 aliphatic carbocycles. The molecule has 13 aromatic rings. The average molecular weight is 871 g/mol. The Morgan fingerprint density at radius 3 is 0.971 bits per heavy atom. The lowest BCUT2D eigenvalue weighted by Crippen LogP contribution is -2.26. The van der Waals surface area contributed by atoms with Crippen molar-refractivity contribution in [1.82, 2.24) is 0 Å². The Morgan fingerprint density at radius 2 is 0.522 bits per heavy atom. The van der Waals surface area contributed by atoms with E-state index in [1.807, 2.05) is 0 Å². The van der Waals surface area contributed by atoms with Crippen LogP contribution in [-0.2, 0) is 5.41 Å². The summed E-state index contributed by atoms with van der Waals surface area (Å²) in [6.45, 7) is 0. The Hall–Kier alpha value is -8.84. The summed E-state index contributed by atoms with van der Waals surface area (Å²) in [5, 5.41) is 12.6. The maximum Gasteiger partial charge on any atom is 0.0726 e. The lowest BCUT2D eigenvalue weighted by Gasteiger charge is -2.31. The van der Waals surface area contributed by atoms with E-state index < -0.39 is 5.41 Å². The second kappa shape index (κ2) is 14.6. The van der Waals surface area contributed by atoms with Crippen molar-refractivity contribution in [1.29, 1.82) is 0 Å². The number of hydrogen-bond donors (Lipinski definition) is 0. The lowest BCUT2D eigenvalue weighted by molar-refractivity contribution is 0.795. The monoisotopic (exact) mass is 870 g/mol. The molecule has 0 atom stereocenters. The SMILES string of the molecule is c1ccc(-c2c3ccccc3c(-c3ccc4c(c3)C3(c5ccccc5-c5ccccc53)c3cc(-c5c6ccccc6c(-c6ccccc6)c6ccccc56)c5ccccc5c3-4)c3ccccc23)cc1. The molecule has 0 nitrogen and oxygen atoms in total. The summed E-state index contributed by atoms with van der Waals surface area (Å²) in [5.41, 5.74) is 20.1. The number of hydrogen-bond acceptors (Lipinski definition) is 0. The predicted molar refractivity (Wildman–Crippen MR) is 292 cm³/mol. The molecule has 0 aromatic heterocycles. The van der Waals surface area contributed by atoms with E-state index in [1.54, 1.807) is 0 Å². The molecule has 0 amide bonds. The zero-order valence-corrected chi connectivity index (χ0v) is 37.7. The molecule has 0 bridgehead atoms. The highest BCUT2D eigenvalue weighted by Crippen LogP contribution is 2.65. The first-order valence-electron chi connectivity index (χ1n) is 24.2. The molecule has 0 N–H and O–H groups in total. The normalized spacial score (nSPS) is 13.0. The fraction of sp³-hybridized carbons (Fsp3) is 0.0145. The maximum absolute atomic E-state index is 2.62. The highest BCUT2D eigenvalue weighted by atomic mass is 14.5. The Labute approximate surface area is 401 Å². The van der Waals surface area contributed by atoms with Crippen molar-refractivity contribution in [2.45, 2.75) is 5.41 Å². The van der Waals surface area contributed by atoms with E-state index >= 15 is 0 Å². The van der Waals surface area contributed by atoms with Crippen LogP contribution in [0.25, 0.3) is 121 Å². The Balaban J connectivity index is 1.08. The topological polar surface area (TPSA) is 0 Å². The minimum Gasteiger partial charge on any atom is -0.0622 e. The molecule has 318 valence electrons. The van der Waals surface area contributed by atoms with Crippen molar-refractivity contribution in [2.24, 2.45) is 0 Å². The highest BCUT2D eigenvalue weighted by Gasteiger charge is 2.52. The standard InChI is InChI=1S/C69H42/c1-3-21-43(22-4-1)64-50-29-9-11-31-52(50)66(53-32-12-10-30-51(53)64)45-39-40-58-62(41-45)69(60-37-19-17-26-47(60)48-27-18-20-38-61(48)69)63-42-59(46-25-7-8-28-49(46)68(58)63)67-56-35-15-13-33-54(56)65(44-23-5-2-6-24-44)55-34-14-16-36-57(55)67/h1-42H. The van der Waals surface area contributed by atoms with Gasteiger partial charge in [-0.25, -0.2) is 0 Å². The van der Waals surface area contributed by atoms with Gasteiger partial charge in [0.2, 0.25) is 0 Å². The summed E-state index contributed by atoms with van der Waals surface area (Å²) < 4.78 is 0. The molecule has 0 saturated carbocycles. The summed E-state index contributed by atoms with van der Waals surface area (Å²) in [6.07, 6.45) is 0. The van der Waals surface area contributed by atoms with Crippen LogP contribution in [0.1, 0.15) is 22.3 Å². The third kappa shape index (κ3) is 5.18. The van der Waals surface area contributed by atoms with Crippen LogP contribution in [0, 0.1) is 0 Å². The molecule has 0 aliphatic heterocycles. The molecule has 0 heteroatoms. The molecule has 13 aromatic carbocycles. The van der Waals surface area contributed by atoms with Gasteiger partial charge in [0.05, 0.1) is 5.41 Å². The van der Waals surface area contributed by atoms with E-state index in [9.17, 15) is 0 Å². The average Bonchev–Trinajstić information content (AvgIpc) is 3.89. The summed E-state index contributed by atoms with van der Waals surface area (Å²) in [7, 11) is 0. The van der Waals surface area contributed by atoms with Crippen LogP contribution in [0.3, 0.4) is 0 Å². The van der Waals surface area contributed by atoms with Crippen LogP contribution < -0.4 is 0 Å². The fourth-order valence-electron chi connectivity index (χ4n) is 13.0. The third-order valence-electron chi connectivity index (χ3n) is 15.6. The Kier molecular flexibility index (Phi) is 8.09.